The normalized spacial score (nSPS) is 15.1. The van der Waals surface area contributed by atoms with Crippen LogP contribution >= 0.6 is 12.4 Å². The fraction of sp³-hybridized carbons (Fsp3) is 0.500. The second kappa shape index (κ2) is 5.62. The lowest BCUT2D eigenvalue weighted by Crippen LogP contribution is -2.37. The van der Waals surface area contributed by atoms with Crippen molar-refractivity contribution in [1.82, 2.24) is 0 Å². The predicted molar refractivity (Wildman–Crippen MR) is 66.0 cm³/mol. The van der Waals surface area contributed by atoms with Gasteiger partial charge in [0.05, 0.1) is 12.1 Å². The van der Waals surface area contributed by atoms with Gasteiger partial charge in [0.15, 0.2) is 0 Å². The van der Waals surface area contributed by atoms with E-state index in [0.717, 1.165) is 0 Å². The molecule has 0 radical (unpaired) electrons. The highest BCUT2D eigenvalue weighted by Crippen LogP contribution is 2.29. The number of nitrogens with two attached hydrogens (primary N) is 1. The van der Waals surface area contributed by atoms with Crippen molar-refractivity contribution in [1.29, 1.82) is 0 Å². The molecule has 0 bridgehead atoms. The molecule has 1 aromatic carbocycles. The summed E-state index contributed by atoms with van der Waals surface area (Å²) in [6, 6.07) is 5.59. The van der Waals surface area contributed by atoms with E-state index < -0.39 is 12.1 Å². The summed E-state index contributed by atoms with van der Waals surface area (Å²) >= 11 is 0. The van der Waals surface area contributed by atoms with E-state index in [1.807, 2.05) is 20.8 Å². The molecule has 3 N–H and O–H groups in total. The van der Waals surface area contributed by atoms with Crippen LogP contribution in [-0.2, 0) is 0 Å². The summed E-state index contributed by atoms with van der Waals surface area (Å²) in [5.74, 6) is -0.367. The topological polar surface area (TPSA) is 46.2 Å². The Labute approximate surface area is 102 Å². The van der Waals surface area contributed by atoms with E-state index in [1.54, 1.807) is 18.2 Å². The molecule has 92 valence electrons. The number of aliphatic hydroxyl groups excluding tert-OH is 1. The third kappa shape index (κ3) is 3.44. The molecule has 4 heteroatoms. The van der Waals surface area contributed by atoms with E-state index in [0.29, 0.717) is 5.56 Å². The van der Waals surface area contributed by atoms with Gasteiger partial charge in [0.25, 0.3) is 0 Å². The number of aliphatic hydroxyl groups is 1. The Bertz CT molecular complexity index is 338. The fourth-order valence-electron chi connectivity index (χ4n) is 1.45. The lowest BCUT2D eigenvalue weighted by atomic mass is 9.82. The van der Waals surface area contributed by atoms with Crippen LogP contribution in [-0.4, -0.2) is 11.2 Å². The first-order valence-electron chi connectivity index (χ1n) is 5.02. The van der Waals surface area contributed by atoms with Gasteiger partial charge in [-0.3, -0.25) is 0 Å². The van der Waals surface area contributed by atoms with Crippen LogP contribution in [0.15, 0.2) is 24.3 Å². The van der Waals surface area contributed by atoms with Crippen LogP contribution in [0.2, 0.25) is 0 Å². The van der Waals surface area contributed by atoms with Gasteiger partial charge in [0.1, 0.15) is 5.82 Å². The minimum Gasteiger partial charge on any atom is -0.391 e. The van der Waals surface area contributed by atoms with Crippen molar-refractivity contribution in [3.63, 3.8) is 0 Å². The van der Waals surface area contributed by atoms with Gasteiger partial charge >= 0.3 is 0 Å². The first kappa shape index (κ1) is 15.4. The molecule has 0 unspecified atom stereocenters. The van der Waals surface area contributed by atoms with Crippen LogP contribution in [0.5, 0.6) is 0 Å². The van der Waals surface area contributed by atoms with Gasteiger partial charge in [0, 0.05) is 5.56 Å². The summed E-state index contributed by atoms with van der Waals surface area (Å²) in [6.07, 6.45) is -0.769. The fourth-order valence-corrected chi connectivity index (χ4v) is 1.45. The Morgan fingerprint density at radius 3 is 2.19 bits per heavy atom. The van der Waals surface area contributed by atoms with Crippen LogP contribution < -0.4 is 5.73 Å². The number of hydrogen-bond acceptors (Lipinski definition) is 2. The number of hydrogen-bond donors (Lipinski definition) is 2. The smallest absolute Gasteiger partial charge is 0.128 e. The summed E-state index contributed by atoms with van der Waals surface area (Å²) < 4.78 is 13.4. The summed E-state index contributed by atoms with van der Waals surface area (Å²) in [7, 11) is 0. The van der Waals surface area contributed by atoms with Crippen molar-refractivity contribution in [3.05, 3.63) is 35.6 Å². The zero-order valence-electron chi connectivity index (χ0n) is 9.77. The lowest BCUT2D eigenvalue weighted by Gasteiger charge is -2.31. The first-order chi connectivity index (χ1) is 6.84. The molecule has 0 aromatic heterocycles. The molecule has 2 nitrogen and oxygen atoms in total. The van der Waals surface area contributed by atoms with Gasteiger partial charge in [-0.1, -0.05) is 39.0 Å². The van der Waals surface area contributed by atoms with E-state index in [2.05, 4.69) is 0 Å². The average molecular weight is 248 g/mol. The largest absolute Gasteiger partial charge is 0.391 e. The standard InChI is InChI=1S/C12H18FNO.ClH/c1-12(2,3)11(15)10(14)8-6-4-5-7-9(8)13;/h4-7,10-11,15H,14H2,1-3H3;1H/t10-,11-;/m1./s1. The molecule has 0 aliphatic rings. The minimum absolute atomic E-state index is 0. The molecular formula is C12H19ClFNO. The molecule has 16 heavy (non-hydrogen) atoms. The Morgan fingerprint density at radius 2 is 1.75 bits per heavy atom. The Balaban J connectivity index is 0.00000225. The maximum Gasteiger partial charge on any atom is 0.128 e. The molecule has 1 aromatic rings. The number of rotatable bonds is 2. The molecule has 0 saturated heterocycles. The van der Waals surface area contributed by atoms with E-state index in [1.165, 1.54) is 6.07 Å². The predicted octanol–water partition coefficient (Wildman–Crippen LogP) is 2.65. The van der Waals surface area contributed by atoms with E-state index in [9.17, 15) is 9.50 Å². The van der Waals surface area contributed by atoms with Crippen LogP contribution in [0.4, 0.5) is 4.39 Å². The van der Waals surface area contributed by atoms with E-state index in [-0.39, 0.29) is 23.6 Å². The van der Waals surface area contributed by atoms with Gasteiger partial charge < -0.3 is 10.8 Å². The Hall–Kier alpha value is -0.640. The average Bonchev–Trinajstić information content (AvgIpc) is 2.15. The van der Waals surface area contributed by atoms with E-state index in [4.69, 9.17) is 5.73 Å². The number of halogens is 2. The van der Waals surface area contributed by atoms with Gasteiger partial charge in [-0.15, -0.1) is 12.4 Å². The van der Waals surface area contributed by atoms with Crippen molar-refractivity contribution in [2.45, 2.75) is 32.9 Å². The second-order valence-corrected chi connectivity index (χ2v) is 4.86. The van der Waals surface area contributed by atoms with Crippen LogP contribution in [0.25, 0.3) is 0 Å². The van der Waals surface area contributed by atoms with Crippen LogP contribution in [0.3, 0.4) is 0 Å². The Kier molecular flexibility index (Phi) is 5.39. The molecule has 1 rings (SSSR count). The molecular weight excluding hydrogens is 229 g/mol. The lowest BCUT2D eigenvalue weighted by molar-refractivity contribution is 0.0391. The summed E-state index contributed by atoms with van der Waals surface area (Å²) in [4.78, 5) is 0. The van der Waals surface area contributed by atoms with E-state index >= 15 is 0 Å². The van der Waals surface area contributed by atoms with Crippen molar-refractivity contribution >= 4 is 12.4 Å². The SMILES string of the molecule is CC(C)(C)[C@H](O)[C@H](N)c1ccccc1F.Cl. The highest BCUT2D eigenvalue weighted by Gasteiger charge is 2.30. The van der Waals surface area contributed by atoms with Gasteiger partial charge in [-0.05, 0) is 11.5 Å². The molecule has 0 saturated carbocycles. The molecule has 0 heterocycles. The van der Waals surface area contributed by atoms with Gasteiger partial charge in [-0.25, -0.2) is 4.39 Å². The van der Waals surface area contributed by atoms with Crippen LogP contribution in [0, 0.1) is 11.2 Å². The summed E-state index contributed by atoms with van der Waals surface area (Å²) in [6.45, 7) is 5.62. The van der Waals surface area contributed by atoms with Crippen molar-refractivity contribution < 1.29 is 9.50 Å². The third-order valence-electron chi connectivity index (χ3n) is 2.49. The highest BCUT2D eigenvalue weighted by atomic mass is 35.5. The van der Waals surface area contributed by atoms with Gasteiger partial charge in [0.2, 0.25) is 0 Å². The minimum atomic E-state index is -0.769. The quantitative estimate of drug-likeness (QED) is 0.844. The third-order valence-corrected chi connectivity index (χ3v) is 2.49. The van der Waals surface area contributed by atoms with Crippen molar-refractivity contribution in [2.75, 3.05) is 0 Å². The maximum atomic E-state index is 13.4. The zero-order chi connectivity index (χ0) is 11.6. The maximum absolute atomic E-state index is 13.4. The van der Waals surface area contributed by atoms with Gasteiger partial charge in [-0.2, -0.15) is 0 Å². The summed E-state index contributed by atoms with van der Waals surface area (Å²) in [5.41, 5.74) is 5.84. The van der Waals surface area contributed by atoms with Crippen molar-refractivity contribution in [3.8, 4) is 0 Å². The monoisotopic (exact) mass is 247 g/mol. The number of benzene rings is 1. The highest BCUT2D eigenvalue weighted by molar-refractivity contribution is 5.85. The van der Waals surface area contributed by atoms with Crippen LogP contribution in [0.1, 0.15) is 32.4 Å². The molecule has 0 fully saturated rings. The molecule has 0 aliphatic heterocycles. The molecule has 0 amide bonds. The molecule has 2 atom stereocenters. The molecule has 0 spiro atoms. The zero-order valence-corrected chi connectivity index (χ0v) is 10.6. The second-order valence-electron chi connectivity index (χ2n) is 4.86. The van der Waals surface area contributed by atoms with Crippen molar-refractivity contribution in [2.24, 2.45) is 11.1 Å². The molecule has 0 aliphatic carbocycles. The Morgan fingerprint density at radius 1 is 1.25 bits per heavy atom. The first-order valence-corrected chi connectivity index (χ1v) is 5.02. The summed E-state index contributed by atoms with van der Waals surface area (Å²) in [5, 5.41) is 9.94.